The molecule has 0 radical (unpaired) electrons. The minimum atomic E-state index is -0.334. The molecule has 0 saturated carbocycles. The highest BCUT2D eigenvalue weighted by molar-refractivity contribution is 8.00. The van der Waals surface area contributed by atoms with Crippen molar-refractivity contribution in [1.29, 1.82) is 0 Å². The normalized spacial score (nSPS) is 12.3. The van der Waals surface area contributed by atoms with Gasteiger partial charge in [-0.3, -0.25) is 4.79 Å². The molecule has 0 bridgehead atoms. The van der Waals surface area contributed by atoms with E-state index in [1.807, 2.05) is 19.1 Å². The largest absolute Gasteiger partial charge is 0.332 e. The Hall–Kier alpha value is -2.41. The Morgan fingerprint density at radius 1 is 1.35 bits per heavy atom. The van der Waals surface area contributed by atoms with Gasteiger partial charge in [-0.2, -0.15) is 0 Å². The molecule has 2 heterocycles. The molecule has 2 aromatic heterocycles. The number of aromatic amines is 1. The van der Waals surface area contributed by atoms with Crippen LogP contribution in [0.5, 0.6) is 0 Å². The quantitative estimate of drug-likeness (QED) is 0.701. The Bertz CT molecular complexity index is 785. The maximum Gasteiger partial charge on any atom is 0.237 e. The van der Waals surface area contributed by atoms with Crippen LogP contribution in [0.2, 0.25) is 0 Å². The first-order chi connectivity index (χ1) is 11.2. The number of carbonyl (C=O) groups is 1. The fourth-order valence-corrected chi connectivity index (χ4v) is 3.00. The van der Waals surface area contributed by atoms with Crippen molar-refractivity contribution in [3.05, 3.63) is 48.4 Å². The van der Waals surface area contributed by atoms with Crippen LogP contribution < -0.4 is 5.32 Å². The summed E-state index contributed by atoms with van der Waals surface area (Å²) >= 11 is 1.35. The molecular weight excluding hydrogens is 315 g/mol. The molecule has 3 rings (SSSR count). The summed E-state index contributed by atoms with van der Waals surface area (Å²) in [4.78, 5) is 24.0. The van der Waals surface area contributed by atoms with Crippen LogP contribution in [-0.4, -0.2) is 26.1 Å². The van der Waals surface area contributed by atoms with Crippen molar-refractivity contribution in [1.82, 2.24) is 15.0 Å². The molecule has 23 heavy (non-hydrogen) atoms. The zero-order chi connectivity index (χ0) is 16.2. The molecular formula is C16H15FN4OS. The molecule has 3 aromatic rings. The number of hydrogen-bond donors (Lipinski definition) is 2. The Morgan fingerprint density at radius 3 is 2.83 bits per heavy atom. The summed E-state index contributed by atoms with van der Waals surface area (Å²) < 4.78 is 12.9. The number of pyridine rings is 1. The SMILES string of the molecule is CC[C@@H](Sc1nc2ncccc2[nH]1)C(=O)Nc1ccc(F)cc1. The molecule has 0 aliphatic carbocycles. The molecule has 118 valence electrons. The van der Waals surface area contributed by atoms with E-state index in [2.05, 4.69) is 20.3 Å². The number of thioether (sulfide) groups is 1. The molecule has 0 fully saturated rings. The Balaban J connectivity index is 1.71. The predicted molar refractivity (Wildman–Crippen MR) is 88.9 cm³/mol. The van der Waals surface area contributed by atoms with Crippen molar-refractivity contribution in [3.63, 3.8) is 0 Å². The third-order valence-electron chi connectivity index (χ3n) is 3.26. The second-order valence-electron chi connectivity index (χ2n) is 4.93. The second-order valence-corrected chi connectivity index (χ2v) is 6.12. The highest BCUT2D eigenvalue weighted by Gasteiger charge is 2.20. The molecule has 0 saturated heterocycles. The molecule has 7 heteroatoms. The molecule has 1 amide bonds. The number of halogens is 1. The van der Waals surface area contributed by atoms with Crippen molar-refractivity contribution in [2.45, 2.75) is 23.8 Å². The van der Waals surface area contributed by atoms with E-state index in [4.69, 9.17) is 0 Å². The lowest BCUT2D eigenvalue weighted by Crippen LogP contribution is -2.24. The molecule has 0 aliphatic heterocycles. The number of benzene rings is 1. The van der Waals surface area contributed by atoms with E-state index < -0.39 is 0 Å². The maximum atomic E-state index is 12.9. The Kier molecular flexibility index (Phi) is 4.57. The van der Waals surface area contributed by atoms with Gasteiger partial charge in [0.25, 0.3) is 0 Å². The number of nitrogens with zero attached hydrogens (tertiary/aromatic N) is 2. The first kappa shape index (κ1) is 15.5. The number of fused-ring (bicyclic) bond motifs is 1. The molecule has 0 unspecified atom stereocenters. The van der Waals surface area contributed by atoms with E-state index in [0.29, 0.717) is 22.9 Å². The fourth-order valence-electron chi connectivity index (χ4n) is 2.09. The summed E-state index contributed by atoms with van der Waals surface area (Å²) in [5.41, 5.74) is 2.04. The van der Waals surface area contributed by atoms with Crippen molar-refractivity contribution in [2.75, 3.05) is 5.32 Å². The maximum absolute atomic E-state index is 12.9. The Morgan fingerprint density at radius 2 is 2.13 bits per heavy atom. The number of carbonyl (C=O) groups excluding carboxylic acids is 1. The van der Waals surface area contributed by atoms with Crippen molar-refractivity contribution < 1.29 is 9.18 Å². The number of imidazole rings is 1. The lowest BCUT2D eigenvalue weighted by molar-refractivity contribution is -0.115. The van der Waals surface area contributed by atoms with Crippen LogP contribution in [0, 0.1) is 5.82 Å². The van der Waals surface area contributed by atoms with Gasteiger partial charge < -0.3 is 10.3 Å². The van der Waals surface area contributed by atoms with E-state index in [0.717, 1.165) is 5.52 Å². The minimum Gasteiger partial charge on any atom is -0.332 e. The average molecular weight is 330 g/mol. The fraction of sp³-hybridized carbons (Fsp3) is 0.188. The van der Waals surface area contributed by atoms with Gasteiger partial charge in [-0.15, -0.1) is 0 Å². The summed E-state index contributed by atoms with van der Waals surface area (Å²) in [7, 11) is 0. The van der Waals surface area contributed by atoms with Gasteiger partial charge >= 0.3 is 0 Å². The number of anilines is 1. The van der Waals surface area contributed by atoms with Gasteiger partial charge in [-0.05, 0) is 42.8 Å². The van der Waals surface area contributed by atoms with Gasteiger partial charge in [0.1, 0.15) is 5.82 Å². The van der Waals surface area contributed by atoms with Crippen LogP contribution in [0.3, 0.4) is 0 Å². The lowest BCUT2D eigenvalue weighted by atomic mass is 10.2. The number of H-pyrrole nitrogens is 1. The minimum absolute atomic E-state index is 0.141. The van der Waals surface area contributed by atoms with Crippen LogP contribution in [0.1, 0.15) is 13.3 Å². The van der Waals surface area contributed by atoms with Crippen LogP contribution in [-0.2, 0) is 4.79 Å². The summed E-state index contributed by atoms with van der Waals surface area (Å²) in [6, 6.07) is 9.42. The van der Waals surface area contributed by atoms with Crippen LogP contribution >= 0.6 is 11.8 Å². The van der Waals surface area contributed by atoms with Gasteiger partial charge in [0.05, 0.1) is 10.8 Å². The predicted octanol–water partition coefficient (Wildman–Crippen LogP) is 3.61. The topological polar surface area (TPSA) is 70.7 Å². The third kappa shape index (κ3) is 3.68. The van der Waals surface area contributed by atoms with E-state index >= 15 is 0 Å². The van der Waals surface area contributed by atoms with Gasteiger partial charge in [0.2, 0.25) is 5.91 Å². The highest BCUT2D eigenvalue weighted by atomic mass is 32.2. The van der Waals surface area contributed by atoms with Crippen LogP contribution in [0.4, 0.5) is 10.1 Å². The number of nitrogens with one attached hydrogen (secondary N) is 2. The first-order valence-corrected chi connectivity index (χ1v) is 8.07. The van der Waals surface area contributed by atoms with Gasteiger partial charge in [-0.25, -0.2) is 14.4 Å². The van der Waals surface area contributed by atoms with E-state index in [1.165, 1.54) is 36.0 Å². The highest BCUT2D eigenvalue weighted by Crippen LogP contribution is 2.25. The third-order valence-corrected chi connectivity index (χ3v) is 4.51. The van der Waals surface area contributed by atoms with E-state index in [-0.39, 0.29) is 17.0 Å². The van der Waals surface area contributed by atoms with E-state index in [1.54, 1.807) is 6.20 Å². The zero-order valence-electron chi connectivity index (χ0n) is 12.4. The average Bonchev–Trinajstić information content (AvgIpc) is 2.97. The van der Waals surface area contributed by atoms with E-state index in [9.17, 15) is 9.18 Å². The number of hydrogen-bond acceptors (Lipinski definition) is 4. The van der Waals surface area contributed by atoms with Gasteiger partial charge in [0, 0.05) is 11.9 Å². The smallest absolute Gasteiger partial charge is 0.237 e. The number of amides is 1. The molecule has 2 N–H and O–H groups in total. The summed E-state index contributed by atoms with van der Waals surface area (Å²) in [5, 5.41) is 3.14. The molecule has 1 aromatic carbocycles. The standard InChI is InChI=1S/C16H15FN4OS/c1-2-13(15(22)19-11-7-5-10(17)6-8-11)23-16-20-12-4-3-9-18-14(12)21-16/h3-9,13H,2H2,1H3,(H,19,22)(H,18,20,21)/t13-/m1/s1. The van der Waals surface area contributed by atoms with Crippen LogP contribution in [0.25, 0.3) is 11.2 Å². The summed E-state index contributed by atoms with van der Waals surface area (Å²) in [6.45, 7) is 1.93. The monoisotopic (exact) mass is 330 g/mol. The van der Waals surface area contributed by atoms with Gasteiger partial charge in [0.15, 0.2) is 10.8 Å². The molecule has 5 nitrogen and oxygen atoms in total. The first-order valence-electron chi connectivity index (χ1n) is 7.19. The van der Waals surface area contributed by atoms with Gasteiger partial charge in [-0.1, -0.05) is 18.7 Å². The number of rotatable bonds is 5. The Labute approximate surface area is 136 Å². The van der Waals surface area contributed by atoms with Crippen LogP contribution in [0.15, 0.2) is 47.8 Å². The van der Waals surface area contributed by atoms with Crippen molar-refractivity contribution in [3.8, 4) is 0 Å². The van der Waals surface area contributed by atoms with Crippen molar-refractivity contribution >= 4 is 34.5 Å². The number of aromatic nitrogens is 3. The summed E-state index contributed by atoms with van der Waals surface area (Å²) in [5.74, 6) is -0.475. The van der Waals surface area contributed by atoms with Crippen molar-refractivity contribution in [2.24, 2.45) is 0 Å². The zero-order valence-corrected chi connectivity index (χ0v) is 13.2. The summed E-state index contributed by atoms with van der Waals surface area (Å²) in [6.07, 6.45) is 2.32. The molecule has 0 spiro atoms. The lowest BCUT2D eigenvalue weighted by Gasteiger charge is -2.13. The second kappa shape index (κ2) is 6.78. The molecule has 0 aliphatic rings. The molecule has 1 atom stereocenters.